The Hall–Kier alpha value is -3.14. The van der Waals surface area contributed by atoms with E-state index in [2.05, 4.69) is 36.5 Å². The Morgan fingerprint density at radius 3 is 2.83 bits per heavy atom. The summed E-state index contributed by atoms with van der Waals surface area (Å²) in [6, 6.07) is 1.95. The molecule has 0 aliphatic carbocycles. The molecule has 2 aliphatic heterocycles. The van der Waals surface area contributed by atoms with Crippen LogP contribution in [0, 0.1) is 5.41 Å². The summed E-state index contributed by atoms with van der Waals surface area (Å²) >= 11 is 0. The number of fused-ring (bicyclic) bond motifs is 1. The van der Waals surface area contributed by atoms with Crippen LogP contribution in [0.4, 0.5) is 11.4 Å². The van der Waals surface area contributed by atoms with Crippen LogP contribution in [0.5, 0.6) is 0 Å². The van der Waals surface area contributed by atoms with Crippen molar-refractivity contribution in [2.75, 3.05) is 29.9 Å². The molecule has 2 aromatic heterocycles. The van der Waals surface area contributed by atoms with Gasteiger partial charge in [0.15, 0.2) is 6.10 Å². The highest BCUT2D eigenvalue weighted by Crippen LogP contribution is 2.34. The Balaban J connectivity index is 1.57. The molecule has 2 amide bonds. The number of primary amides is 1. The number of carbonyl (C=O) groups is 3. The van der Waals surface area contributed by atoms with Crippen molar-refractivity contribution in [1.29, 1.82) is 0 Å². The summed E-state index contributed by atoms with van der Waals surface area (Å²) in [5.41, 5.74) is 7.87. The maximum atomic E-state index is 13.0. The van der Waals surface area contributed by atoms with Crippen LogP contribution in [0.3, 0.4) is 0 Å². The minimum Gasteiger partial charge on any atom is -0.452 e. The molecule has 0 spiro atoms. The van der Waals surface area contributed by atoms with E-state index in [1.807, 2.05) is 6.07 Å². The van der Waals surface area contributed by atoms with E-state index in [1.165, 1.54) is 6.20 Å². The number of carbonyl (C=O) groups excluding carboxylic acids is 3. The van der Waals surface area contributed by atoms with E-state index in [1.54, 1.807) is 15.6 Å². The third-order valence-electron chi connectivity index (χ3n) is 7.07. The lowest BCUT2D eigenvalue weighted by Crippen LogP contribution is -2.50. The molecule has 0 bridgehead atoms. The molecule has 2 saturated heterocycles. The van der Waals surface area contributed by atoms with Crippen molar-refractivity contribution >= 4 is 34.7 Å². The summed E-state index contributed by atoms with van der Waals surface area (Å²) in [6.07, 6.45) is 6.85. The zero-order valence-electron chi connectivity index (χ0n) is 20.8. The van der Waals surface area contributed by atoms with E-state index >= 15 is 0 Å². The smallest absolute Gasteiger partial charge is 0.306 e. The highest BCUT2D eigenvalue weighted by Gasteiger charge is 2.37. The van der Waals surface area contributed by atoms with E-state index in [-0.39, 0.29) is 23.3 Å². The molecule has 0 aromatic carbocycles. The molecular weight excluding hydrogens is 448 g/mol. The summed E-state index contributed by atoms with van der Waals surface area (Å²) < 4.78 is 7.11. The van der Waals surface area contributed by atoms with Crippen LogP contribution in [0.15, 0.2) is 18.5 Å². The molecule has 0 unspecified atom stereocenters. The van der Waals surface area contributed by atoms with Gasteiger partial charge in [-0.1, -0.05) is 33.6 Å². The van der Waals surface area contributed by atoms with Crippen molar-refractivity contribution in [3.05, 3.63) is 24.0 Å². The van der Waals surface area contributed by atoms with Gasteiger partial charge in [0.2, 0.25) is 0 Å². The summed E-state index contributed by atoms with van der Waals surface area (Å²) in [6.45, 7) is 8.59. The van der Waals surface area contributed by atoms with Gasteiger partial charge in [-0.05, 0) is 30.9 Å². The highest BCUT2D eigenvalue weighted by molar-refractivity contribution is 6.04. The fraction of sp³-hybridized carbons (Fsp3) is 0.600. The Morgan fingerprint density at radius 1 is 1.31 bits per heavy atom. The number of nitrogens with two attached hydrogens (primary N) is 1. The fourth-order valence-corrected chi connectivity index (χ4v) is 4.90. The van der Waals surface area contributed by atoms with Gasteiger partial charge in [0, 0.05) is 32.0 Å². The van der Waals surface area contributed by atoms with Crippen molar-refractivity contribution in [3.63, 3.8) is 0 Å². The first-order chi connectivity index (χ1) is 16.7. The standard InChI is InChI=1S/C25H36N6O4/c1-4-5-6-7-21(32)35-19-9-11-30(24(19)34)16-12-18-22(17(23(26)33)13-28-31(18)14-16)29-20-8-10-27-15-25(20,2)3/h12-14,19-20,27,29H,4-11,15H2,1-3H3,(H2,26,33)/t19-,20+/m0/s1. The van der Waals surface area contributed by atoms with Crippen molar-refractivity contribution in [1.82, 2.24) is 14.9 Å². The number of piperidine rings is 1. The number of ether oxygens (including phenoxy) is 1. The quantitative estimate of drug-likeness (QED) is 0.368. The predicted molar refractivity (Wildman–Crippen MR) is 133 cm³/mol. The minimum atomic E-state index is -0.769. The van der Waals surface area contributed by atoms with Gasteiger partial charge in [-0.3, -0.25) is 14.4 Å². The van der Waals surface area contributed by atoms with Gasteiger partial charge >= 0.3 is 5.97 Å². The van der Waals surface area contributed by atoms with Crippen LogP contribution >= 0.6 is 0 Å². The number of hydrogen-bond donors (Lipinski definition) is 3. The second-order valence-electron chi connectivity index (χ2n) is 10.2. The molecule has 4 N–H and O–H groups in total. The molecule has 4 rings (SSSR count). The van der Waals surface area contributed by atoms with Crippen LogP contribution in [0.25, 0.3) is 5.52 Å². The molecule has 10 nitrogen and oxygen atoms in total. The second kappa shape index (κ2) is 10.2. The number of esters is 1. The van der Waals surface area contributed by atoms with Crippen LogP contribution < -0.4 is 21.3 Å². The normalized spacial score (nSPS) is 21.9. The molecule has 10 heteroatoms. The SMILES string of the molecule is CCCCCC(=O)O[C@H]1CCN(c2cc3c(N[C@@H]4CCNCC4(C)C)c(C(N)=O)cnn3c2)C1=O. The van der Waals surface area contributed by atoms with Gasteiger partial charge in [0.25, 0.3) is 11.8 Å². The molecule has 2 aliphatic rings. The van der Waals surface area contributed by atoms with Crippen LogP contribution in [0.2, 0.25) is 0 Å². The van der Waals surface area contributed by atoms with Crippen LogP contribution in [0.1, 0.15) is 69.7 Å². The number of aromatic nitrogens is 2. The second-order valence-corrected chi connectivity index (χ2v) is 10.2. The lowest BCUT2D eigenvalue weighted by molar-refractivity contribution is -0.153. The summed E-state index contributed by atoms with van der Waals surface area (Å²) in [4.78, 5) is 39.0. The van der Waals surface area contributed by atoms with E-state index in [0.717, 1.165) is 38.8 Å². The molecule has 190 valence electrons. The van der Waals surface area contributed by atoms with E-state index in [0.29, 0.717) is 41.8 Å². The first kappa shape index (κ1) is 25.0. The lowest BCUT2D eigenvalue weighted by Gasteiger charge is -2.40. The molecule has 35 heavy (non-hydrogen) atoms. The van der Waals surface area contributed by atoms with Gasteiger partial charge in [0.1, 0.15) is 0 Å². The zero-order chi connectivity index (χ0) is 25.2. The zero-order valence-corrected chi connectivity index (χ0v) is 20.8. The van der Waals surface area contributed by atoms with Gasteiger partial charge in [-0.25, -0.2) is 4.52 Å². The maximum absolute atomic E-state index is 13.0. The molecule has 2 atom stereocenters. The fourth-order valence-electron chi connectivity index (χ4n) is 4.90. The Morgan fingerprint density at radius 2 is 2.11 bits per heavy atom. The van der Waals surface area contributed by atoms with E-state index in [4.69, 9.17) is 10.5 Å². The first-order valence-electron chi connectivity index (χ1n) is 12.5. The summed E-state index contributed by atoms with van der Waals surface area (Å²) in [5.74, 6) is -1.14. The van der Waals surface area contributed by atoms with Crippen molar-refractivity contribution < 1.29 is 19.1 Å². The first-order valence-corrected chi connectivity index (χ1v) is 12.5. The predicted octanol–water partition coefficient (Wildman–Crippen LogP) is 2.46. The molecule has 2 fully saturated rings. The lowest BCUT2D eigenvalue weighted by atomic mass is 9.80. The van der Waals surface area contributed by atoms with E-state index in [9.17, 15) is 14.4 Å². The summed E-state index contributed by atoms with van der Waals surface area (Å²) in [7, 11) is 0. The topological polar surface area (TPSA) is 131 Å². The van der Waals surface area contributed by atoms with Gasteiger partial charge in [-0.15, -0.1) is 0 Å². The number of nitrogens with one attached hydrogen (secondary N) is 2. The van der Waals surface area contributed by atoms with Crippen molar-refractivity contribution in [2.24, 2.45) is 11.1 Å². The third-order valence-corrected chi connectivity index (χ3v) is 7.07. The number of rotatable bonds is 9. The third kappa shape index (κ3) is 5.27. The molecule has 4 heterocycles. The number of unbranched alkanes of at least 4 members (excludes halogenated alkanes) is 2. The Labute approximate surface area is 205 Å². The molecule has 2 aromatic rings. The van der Waals surface area contributed by atoms with Crippen molar-refractivity contribution in [3.8, 4) is 0 Å². The monoisotopic (exact) mass is 484 g/mol. The Kier molecular flexibility index (Phi) is 7.30. The number of nitrogens with zero attached hydrogens (tertiary/aromatic N) is 3. The van der Waals surface area contributed by atoms with Crippen molar-refractivity contribution in [2.45, 2.75) is 71.4 Å². The largest absolute Gasteiger partial charge is 0.452 e. The van der Waals surface area contributed by atoms with Gasteiger partial charge in [-0.2, -0.15) is 5.10 Å². The molecule has 0 radical (unpaired) electrons. The number of amides is 2. The number of anilines is 2. The average Bonchev–Trinajstić information content (AvgIpc) is 3.39. The molecular formula is C25H36N6O4. The number of hydrogen-bond acceptors (Lipinski definition) is 7. The minimum absolute atomic E-state index is 0.0397. The van der Waals surface area contributed by atoms with Gasteiger partial charge < -0.3 is 26.0 Å². The maximum Gasteiger partial charge on any atom is 0.306 e. The summed E-state index contributed by atoms with van der Waals surface area (Å²) in [5, 5.41) is 11.3. The van der Waals surface area contributed by atoms with E-state index < -0.39 is 12.0 Å². The van der Waals surface area contributed by atoms with Crippen LogP contribution in [-0.2, 0) is 14.3 Å². The Bertz CT molecular complexity index is 1110. The highest BCUT2D eigenvalue weighted by atomic mass is 16.5. The van der Waals surface area contributed by atoms with Gasteiger partial charge in [0.05, 0.1) is 34.8 Å². The average molecular weight is 485 g/mol. The van der Waals surface area contributed by atoms with Crippen LogP contribution in [-0.4, -0.2) is 59.2 Å². The molecule has 0 saturated carbocycles.